The van der Waals surface area contributed by atoms with Crippen LogP contribution in [0.3, 0.4) is 0 Å². The van der Waals surface area contributed by atoms with Crippen LogP contribution in [0.1, 0.15) is 110 Å². The number of ether oxygens (including phenoxy) is 1. The Balaban J connectivity index is 3.94. The van der Waals surface area contributed by atoms with E-state index in [1.165, 1.54) is 77.0 Å². The summed E-state index contributed by atoms with van der Waals surface area (Å²) < 4.78 is 5.55. The predicted octanol–water partition coefficient (Wildman–Crippen LogP) is 7.43. The van der Waals surface area contributed by atoms with Gasteiger partial charge in [-0.25, -0.2) is 0 Å². The van der Waals surface area contributed by atoms with E-state index in [9.17, 15) is 4.79 Å². The molecular formula is C21H41BrO2. The molecule has 0 amide bonds. The summed E-state index contributed by atoms with van der Waals surface area (Å²) in [5, 5.41) is 0.971. The van der Waals surface area contributed by atoms with Gasteiger partial charge in [-0.1, -0.05) is 94.0 Å². The van der Waals surface area contributed by atoms with Crippen LogP contribution in [-0.2, 0) is 9.53 Å². The second kappa shape index (κ2) is 19.3. The first-order chi connectivity index (χ1) is 11.7. The maximum Gasteiger partial charge on any atom is 0.305 e. The molecule has 0 aliphatic rings. The Morgan fingerprint density at radius 3 is 1.83 bits per heavy atom. The number of halogens is 1. The highest BCUT2D eigenvalue weighted by Crippen LogP contribution is 2.19. The average Bonchev–Trinajstić information content (AvgIpc) is 2.58. The first-order valence-electron chi connectivity index (χ1n) is 10.5. The van der Waals surface area contributed by atoms with Crippen molar-refractivity contribution < 1.29 is 9.53 Å². The van der Waals surface area contributed by atoms with Crippen LogP contribution in [0.2, 0.25) is 0 Å². The van der Waals surface area contributed by atoms with Crippen molar-refractivity contribution in [2.45, 2.75) is 110 Å². The maximum atomic E-state index is 11.8. The summed E-state index contributed by atoms with van der Waals surface area (Å²) in [5.74, 6) is 0.575. The van der Waals surface area contributed by atoms with Crippen molar-refractivity contribution in [2.75, 3.05) is 11.9 Å². The fourth-order valence-corrected chi connectivity index (χ4v) is 3.43. The topological polar surface area (TPSA) is 26.3 Å². The summed E-state index contributed by atoms with van der Waals surface area (Å²) in [4.78, 5) is 11.8. The van der Waals surface area contributed by atoms with E-state index in [4.69, 9.17) is 4.74 Å². The van der Waals surface area contributed by atoms with Crippen LogP contribution in [0.5, 0.6) is 0 Å². The average molecular weight is 405 g/mol. The van der Waals surface area contributed by atoms with E-state index in [2.05, 4.69) is 29.8 Å². The van der Waals surface area contributed by atoms with Crippen LogP contribution in [0.25, 0.3) is 0 Å². The van der Waals surface area contributed by atoms with Crippen molar-refractivity contribution in [3.63, 3.8) is 0 Å². The zero-order valence-electron chi connectivity index (χ0n) is 16.3. The second-order valence-corrected chi connectivity index (χ2v) is 7.89. The molecule has 0 heterocycles. The molecule has 0 aliphatic heterocycles. The van der Waals surface area contributed by atoms with Crippen molar-refractivity contribution in [3.8, 4) is 0 Å². The maximum absolute atomic E-state index is 11.8. The van der Waals surface area contributed by atoms with Gasteiger partial charge in [-0.05, 0) is 31.6 Å². The molecule has 2 nitrogen and oxygen atoms in total. The predicted molar refractivity (Wildman–Crippen MR) is 109 cm³/mol. The minimum absolute atomic E-state index is 0.00193. The van der Waals surface area contributed by atoms with Crippen molar-refractivity contribution in [3.05, 3.63) is 0 Å². The first-order valence-corrected chi connectivity index (χ1v) is 11.6. The smallest absolute Gasteiger partial charge is 0.305 e. The lowest BCUT2D eigenvalue weighted by atomic mass is 9.95. The second-order valence-electron chi connectivity index (χ2n) is 7.10. The molecule has 24 heavy (non-hydrogen) atoms. The molecule has 144 valence electrons. The van der Waals surface area contributed by atoms with Crippen LogP contribution in [0.4, 0.5) is 0 Å². The highest BCUT2D eigenvalue weighted by molar-refractivity contribution is 9.09. The number of rotatable bonds is 18. The molecule has 3 heteroatoms. The Morgan fingerprint density at radius 1 is 0.792 bits per heavy atom. The molecule has 0 atom stereocenters. The van der Waals surface area contributed by atoms with Crippen molar-refractivity contribution in [2.24, 2.45) is 5.92 Å². The SMILES string of the molecule is CCCCCCCC(CCCCCCC)COC(=O)CCCCBr. The molecule has 0 saturated heterocycles. The number of hydrogen-bond acceptors (Lipinski definition) is 2. The lowest BCUT2D eigenvalue weighted by Crippen LogP contribution is -2.14. The number of hydrogen-bond donors (Lipinski definition) is 0. The highest BCUT2D eigenvalue weighted by Gasteiger charge is 2.12. The van der Waals surface area contributed by atoms with E-state index in [1.54, 1.807) is 0 Å². The lowest BCUT2D eigenvalue weighted by molar-refractivity contribution is -0.145. The third kappa shape index (κ3) is 16.8. The van der Waals surface area contributed by atoms with E-state index >= 15 is 0 Å². The number of alkyl halides is 1. The Labute approximate surface area is 159 Å². The standard InChI is InChI=1S/C21H41BrO2/c1-3-5-7-9-11-15-20(16-12-10-8-6-4-2)19-24-21(23)17-13-14-18-22/h20H,3-19H2,1-2H3. The Hall–Kier alpha value is -0.0500. The minimum Gasteiger partial charge on any atom is -0.465 e. The van der Waals surface area contributed by atoms with E-state index in [0.29, 0.717) is 18.9 Å². The summed E-state index contributed by atoms with van der Waals surface area (Å²) >= 11 is 3.40. The van der Waals surface area contributed by atoms with Gasteiger partial charge in [0.05, 0.1) is 6.61 Å². The highest BCUT2D eigenvalue weighted by atomic mass is 79.9. The summed E-state index contributed by atoms with van der Waals surface area (Å²) in [6.07, 6.45) is 18.3. The van der Waals surface area contributed by atoms with Gasteiger partial charge in [0.15, 0.2) is 0 Å². The first kappa shape index (κ1) is 23.9. The van der Waals surface area contributed by atoms with Gasteiger partial charge in [0.2, 0.25) is 0 Å². The summed E-state index contributed by atoms with van der Waals surface area (Å²) in [6, 6.07) is 0. The molecule has 0 aromatic rings. The molecule has 0 aromatic heterocycles. The van der Waals surface area contributed by atoms with E-state index in [-0.39, 0.29) is 5.97 Å². The van der Waals surface area contributed by atoms with Gasteiger partial charge in [0.1, 0.15) is 0 Å². The van der Waals surface area contributed by atoms with Crippen molar-refractivity contribution in [1.82, 2.24) is 0 Å². The van der Waals surface area contributed by atoms with Crippen LogP contribution < -0.4 is 0 Å². The summed E-state index contributed by atoms with van der Waals surface area (Å²) in [5.41, 5.74) is 0. The zero-order valence-corrected chi connectivity index (χ0v) is 17.9. The number of esters is 1. The molecule has 0 aliphatic carbocycles. The van der Waals surface area contributed by atoms with Gasteiger partial charge in [0, 0.05) is 11.8 Å². The van der Waals surface area contributed by atoms with Gasteiger partial charge >= 0.3 is 5.97 Å². The number of carbonyl (C=O) groups is 1. The van der Waals surface area contributed by atoms with Crippen LogP contribution in [-0.4, -0.2) is 17.9 Å². The van der Waals surface area contributed by atoms with Gasteiger partial charge in [-0.15, -0.1) is 0 Å². The largest absolute Gasteiger partial charge is 0.465 e. The molecule has 0 rings (SSSR count). The van der Waals surface area contributed by atoms with Crippen LogP contribution in [0, 0.1) is 5.92 Å². The van der Waals surface area contributed by atoms with Crippen molar-refractivity contribution >= 4 is 21.9 Å². The van der Waals surface area contributed by atoms with Gasteiger partial charge in [0.25, 0.3) is 0 Å². The zero-order chi connectivity index (χ0) is 17.9. The van der Waals surface area contributed by atoms with E-state index in [1.807, 2.05) is 0 Å². The van der Waals surface area contributed by atoms with Crippen LogP contribution >= 0.6 is 15.9 Å². The third-order valence-electron chi connectivity index (χ3n) is 4.68. The summed E-state index contributed by atoms with van der Waals surface area (Å²) in [6.45, 7) is 5.16. The Kier molecular flexibility index (Phi) is 19.2. The Bertz CT molecular complexity index is 255. The molecule has 0 fully saturated rings. The lowest BCUT2D eigenvalue weighted by Gasteiger charge is -2.17. The van der Waals surface area contributed by atoms with Gasteiger partial charge < -0.3 is 4.74 Å². The van der Waals surface area contributed by atoms with Crippen molar-refractivity contribution in [1.29, 1.82) is 0 Å². The molecule has 0 unspecified atom stereocenters. The molecule has 0 radical (unpaired) electrons. The van der Waals surface area contributed by atoms with E-state index < -0.39 is 0 Å². The fourth-order valence-electron chi connectivity index (χ4n) is 3.03. The quantitative estimate of drug-likeness (QED) is 0.135. The fraction of sp³-hybridized carbons (Fsp3) is 0.952. The Morgan fingerprint density at radius 2 is 1.33 bits per heavy atom. The number of unbranched alkanes of at least 4 members (excludes halogenated alkanes) is 9. The molecule has 0 saturated carbocycles. The normalized spacial score (nSPS) is 11.2. The van der Waals surface area contributed by atoms with Crippen LogP contribution in [0.15, 0.2) is 0 Å². The molecule has 0 spiro atoms. The van der Waals surface area contributed by atoms with E-state index in [0.717, 1.165) is 18.2 Å². The molecular weight excluding hydrogens is 364 g/mol. The van der Waals surface area contributed by atoms with Gasteiger partial charge in [-0.3, -0.25) is 4.79 Å². The summed E-state index contributed by atoms with van der Waals surface area (Å²) in [7, 11) is 0. The number of carbonyl (C=O) groups excluding carboxylic acids is 1. The molecule has 0 aromatic carbocycles. The molecule has 0 bridgehead atoms. The third-order valence-corrected chi connectivity index (χ3v) is 5.24. The minimum atomic E-state index is -0.00193. The monoisotopic (exact) mass is 404 g/mol. The van der Waals surface area contributed by atoms with Gasteiger partial charge in [-0.2, -0.15) is 0 Å². The molecule has 0 N–H and O–H groups in total.